The first-order chi connectivity index (χ1) is 17.4. The molecule has 6 N–H and O–H groups in total. The van der Waals surface area contributed by atoms with E-state index >= 15 is 0 Å². The van der Waals surface area contributed by atoms with Crippen LogP contribution in [-0.4, -0.2) is 73.5 Å². The van der Waals surface area contributed by atoms with Gasteiger partial charge in [-0.05, 0) is 68.6 Å². The van der Waals surface area contributed by atoms with Crippen LogP contribution in [0.25, 0.3) is 11.1 Å². The van der Waals surface area contributed by atoms with E-state index in [2.05, 4.69) is 4.98 Å². The second-order valence-electron chi connectivity index (χ2n) is 10.1. The number of aromatic nitrogens is 1. The first-order valence-electron chi connectivity index (χ1n) is 11.8. The molecule has 3 aliphatic rings. The molecule has 4 atom stereocenters. The van der Waals surface area contributed by atoms with E-state index in [0.29, 0.717) is 11.1 Å². The topological polar surface area (TPSA) is 174 Å². The number of amides is 1. The Bertz CT molecular complexity index is 1460. The normalized spacial score (nSPS) is 27.2. The van der Waals surface area contributed by atoms with Crippen LogP contribution in [0.1, 0.15) is 27.9 Å². The molecule has 0 saturated carbocycles. The minimum atomic E-state index is -2.66. The average molecular weight is 506 g/mol. The minimum absolute atomic E-state index is 0.0264. The third-order valence-corrected chi connectivity index (χ3v) is 7.94. The van der Waals surface area contributed by atoms with Crippen LogP contribution in [0.2, 0.25) is 0 Å². The van der Waals surface area contributed by atoms with Crippen LogP contribution in [0.15, 0.2) is 53.3 Å². The van der Waals surface area contributed by atoms with Gasteiger partial charge in [0.25, 0.3) is 5.91 Å². The number of primary amides is 1. The number of aliphatic hydroxyl groups is 3. The SMILES string of the molecule is Cc1ccncc1-c1ccc(O)c2c1C[C@H]1C[C@H]3[C@@H](N(C)C)C(O)=C(C(N)=O)C(=O)[C@@]3(O)C(O)=C1C2=O. The standard InChI is InChI=1S/C27H27N3O7/c1-11-6-7-29-10-15(11)13-4-5-17(31)19-14(13)8-12-9-16-21(30(2)3)23(33)20(26(28)36)25(35)27(16,37)24(34)18(12)22(19)32/h4-7,10,12,16,21,31,33-34,37H,8-9H2,1-3H3,(H2,28,36)/t12-,16-,21+,27-/m0/s1. The van der Waals surface area contributed by atoms with E-state index in [0.717, 1.165) is 11.1 Å². The average Bonchev–Trinajstić information content (AvgIpc) is 2.82. The predicted octanol–water partition coefficient (Wildman–Crippen LogP) is 1.49. The Labute approximate surface area is 212 Å². The second kappa shape index (κ2) is 8.25. The van der Waals surface area contributed by atoms with E-state index in [1.54, 1.807) is 32.6 Å². The van der Waals surface area contributed by atoms with Gasteiger partial charge in [0.1, 0.15) is 22.8 Å². The molecule has 0 radical (unpaired) electrons. The summed E-state index contributed by atoms with van der Waals surface area (Å²) in [5, 5.41) is 44.5. The van der Waals surface area contributed by atoms with Crippen LogP contribution in [0.5, 0.6) is 5.75 Å². The summed E-state index contributed by atoms with van der Waals surface area (Å²) in [6.07, 6.45) is 3.57. The molecule has 0 fully saturated rings. The highest BCUT2D eigenvalue weighted by atomic mass is 16.3. The second-order valence-corrected chi connectivity index (χ2v) is 10.1. The molecule has 192 valence electrons. The molecule has 10 nitrogen and oxygen atoms in total. The molecular weight excluding hydrogens is 478 g/mol. The summed E-state index contributed by atoms with van der Waals surface area (Å²) >= 11 is 0. The first kappa shape index (κ1) is 24.7. The summed E-state index contributed by atoms with van der Waals surface area (Å²) in [5.41, 5.74) is 4.62. The fraction of sp³-hybridized carbons (Fsp3) is 0.333. The fourth-order valence-electron chi connectivity index (χ4n) is 6.25. The van der Waals surface area contributed by atoms with Gasteiger partial charge in [-0.2, -0.15) is 0 Å². The van der Waals surface area contributed by atoms with E-state index in [1.807, 2.05) is 13.0 Å². The number of hydrogen-bond donors (Lipinski definition) is 5. The third-order valence-electron chi connectivity index (χ3n) is 7.94. The molecule has 1 heterocycles. The highest BCUT2D eigenvalue weighted by molar-refractivity contribution is 6.24. The van der Waals surface area contributed by atoms with Crippen molar-refractivity contribution in [1.82, 2.24) is 9.88 Å². The zero-order valence-corrected chi connectivity index (χ0v) is 20.5. The molecular formula is C27H27N3O7. The quantitative estimate of drug-likeness (QED) is 0.387. The fourth-order valence-corrected chi connectivity index (χ4v) is 6.25. The largest absolute Gasteiger partial charge is 0.510 e. The van der Waals surface area contributed by atoms with Crippen LogP contribution in [0.4, 0.5) is 0 Å². The Morgan fingerprint density at radius 3 is 2.46 bits per heavy atom. The van der Waals surface area contributed by atoms with Crippen LogP contribution < -0.4 is 5.73 Å². The maximum absolute atomic E-state index is 13.8. The maximum Gasteiger partial charge on any atom is 0.255 e. The number of nitrogens with two attached hydrogens (primary N) is 1. The van der Waals surface area contributed by atoms with Gasteiger partial charge in [0.2, 0.25) is 5.78 Å². The number of aromatic hydroxyl groups is 1. The van der Waals surface area contributed by atoms with Gasteiger partial charge in [0.15, 0.2) is 11.4 Å². The van der Waals surface area contributed by atoms with Crippen molar-refractivity contribution in [3.05, 3.63) is 69.9 Å². The van der Waals surface area contributed by atoms with Gasteiger partial charge in [-0.25, -0.2) is 0 Å². The summed E-state index contributed by atoms with van der Waals surface area (Å²) in [5.74, 6) is -6.71. The number of aliphatic hydroxyl groups excluding tert-OH is 2. The number of likely N-dealkylation sites (N-methyl/N-ethyl adjacent to an activating group) is 1. The lowest BCUT2D eigenvalue weighted by molar-refractivity contribution is -0.148. The number of rotatable bonds is 3. The Hall–Kier alpha value is -4.02. The van der Waals surface area contributed by atoms with Crippen molar-refractivity contribution in [3.8, 4) is 16.9 Å². The number of fused-ring (bicyclic) bond motifs is 3. The maximum atomic E-state index is 13.8. The Kier molecular flexibility index (Phi) is 5.50. The number of pyridine rings is 1. The Morgan fingerprint density at radius 1 is 1.14 bits per heavy atom. The lowest BCUT2D eigenvalue weighted by atomic mass is 9.58. The molecule has 0 unspecified atom stereocenters. The highest BCUT2D eigenvalue weighted by Gasteiger charge is 2.63. The highest BCUT2D eigenvalue weighted by Crippen LogP contribution is 2.53. The van der Waals surface area contributed by atoms with E-state index < -0.39 is 58.0 Å². The van der Waals surface area contributed by atoms with Gasteiger partial charge in [0, 0.05) is 29.4 Å². The number of nitrogens with zero attached hydrogens (tertiary/aromatic N) is 2. The van der Waals surface area contributed by atoms with Gasteiger partial charge >= 0.3 is 0 Å². The molecule has 10 heteroatoms. The van der Waals surface area contributed by atoms with E-state index in [-0.39, 0.29) is 29.7 Å². The van der Waals surface area contributed by atoms with Gasteiger partial charge < -0.3 is 26.2 Å². The van der Waals surface area contributed by atoms with Crippen molar-refractivity contribution in [2.24, 2.45) is 17.6 Å². The van der Waals surface area contributed by atoms with Crippen molar-refractivity contribution < 1.29 is 34.8 Å². The van der Waals surface area contributed by atoms with E-state index in [4.69, 9.17) is 5.73 Å². The van der Waals surface area contributed by atoms with E-state index in [9.17, 15) is 34.8 Å². The summed E-state index contributed by atoms with van der Waals surface area (Å²) < 4.78 is 0. The van der Waals surface area contributed by atoms with E-state index in [1.165, 1.54) is 11.0 Å². The molecule has 0 saturated heterocycles. The van der Waals surface area contributed by atoms with Crippen molar-refractivity contribution in [2.75, 3.05) is 14.1 Å². The number of ketones is 2. The van der Waals surface area contributed by atoms with Gasteiger partial charge in [0.05, 0.1) is 11.6 Å². The summed E-state index contributed by atoms with van der Waals surface area (Å²) in [6.45, 7) is 1.90. The summed E-state index contributed by atoms with van der Waals surface area (Å²) in [7, 11) is 3.18. The number of carbonyl (C=O) groups is 3. The van der Waals surface area contributed by atoms with Crippen molar-refractivity contribution in [1.29, 1.82) is 0 Å². The zero-order valence-electron chi connectivity index (χ0n) is 20.5. The molecule has 1 aromatic carbocycles. The first-order valence-corrected chi connectivity index (χ1v) is 11.8. The van der Waals surface area contributed by atoms with Crippen molar-refractivity contribution in [3.63, 3.8) is 0 Å². The number of benzene rings is 1. The molecule has 3 aliphatic carbocycles. The van der Waals surface area contributed by atoms with Crippen LogP contribution in [-0.2, 0) is 16.0 Å². The Morgan fingerprint density at radius 2 is 1.84 bits per heavy atom. The molecule has 5 rings (SSSR count). The lowest BCUT2D eigenvalue weighted by Gasteiger charge is -2.50. The summed E-state index contributed by atoms with van der Waals surface area (Å²) in [6, 6.07) is 3.89. The molecule has 0 aliphatic heterocycles. The lowest BCUT2D eigenvalue weighted by Crippen LogP contribution is -2.63. The van der Waals surface area contributed by atoms with Gasteiger partial charge in [-0.15, -0.1) is 0 Å². The number of Topliss-reactive ketones (excluding diaryl/α,β-unsaturated/α-hetero) is 2. The van der Waals surface area contributed by atoms with Crippen molar-refractivity contribution >= 4 is 17.5 Å². The number of phenolic OH excluding ortho intramolecular Hbond substituents is 1. The van der Waals surface area contributed by atoms with Crippen molar-refractivity contribution in [2.45, 2.75) is 31.4 Å². The smallest absolute Gasteiger partial charge is 0.255 e. The molecule has 0 bridgehead atoms. The minimum Gasteiger partial charge on any atom is -0.510 e. The number of carbonyl (C=O) groups excluding carboxylic acids is 3. The number of phenols is 1. The molecule has 1 aromatic heterocycles. The number of hydrogen-bond acceptors (Lipinski definition) is 9. The number of aryl methyl sites for hydroxylation is 1. The van der Waals surface area contributed by atoms with Crippen LogP contribution >= 0.6 is 0 Å². The Balaban J connectivity index is 1.74. The molecule has 2 aromatic rings. The van der Waals surface area contributed by atoms with Gasteiger partial charge in [-0.3, -0.25) is 24.3 Å². The van der Waals surface area contributed by atoms with Crippen LogP contribution in [0, 0.1) is 18.8 Å². The van der Waals surface area contributed by atoms with Gasteiger partial charge in [-0.1, -0.05) is 6.07 Å². The molecule has 1 amide bonds. The molecule has 37 heavy (non-hydrogen) atoms. The molecule has 0 spiro atoms. The monoisotopic (exact) mass is 505 g/mol. The third kappa shape index (κ3) is 3.25. The predicted molar refractivity (Wildman–Crippen MR) is 132 cm³/mol. The van der Waals surface area contributed by atoms with Crippen LogP contribution in [0.3, 0.4) is 0 Å². The number of allylic oxidation sites excluding steroid dienone is 1. The zero-order chi connectivity index (χ0) is 27.0. The summed E-state index contributed by atoms with van der Waals surface area (Å²) in [4.78, 5) is 44.9.